The molecule has 0 radical (unpaired) electrons. The van der Waals surface area contributed by atoms with Crippen LogP contribution in [0.5, 0.6) is 0 Å². The van der Waals surface area contributed by atoms with Gasteiger partial charge in [-0.15, -0.1) is 0 Å². The zero-order valence-corrected chi connectivity index (χ0v) is 22.1. The van der Waals surface area contributed by atoms with E-state index >= 15 is 0 Å². The van der Waals surface area contributed by atoms with Crippen LogP contribution in [0.3, 0.4) is 0 Å². The predicted molar refractivity (Wildman–Crippen MR) is 147 cm³/mol. The lowest BCUT2D eigenvalue weighted by Gasteiger charge is -2.06. The predicted octanol–water partition coefficient (Wildman–Crippen LogP) is 9.12. The van der Waals surface area contributed by atoms with Gasteiger partial charge in [0.05, 0.1) is 0 Å². The van der Waals surface area contributed by atoms with Crippen LogP contribution in [0.2, 0.25) is 0 Å². The van der Waals surface area contributed by atoms with Crippen molar-refractivity contribution in [1.29, 1.82) is 10.5 Å². The zero-order valence-electron chi connectivity index (χ0n) is 22.1. The molecule has 1 aromatic carbocycles. The van der Waals surface area contributed by atoms with Crippen LogP contribution in [0.15, 0.2) is 53.9 Å². The molecule has 3 nitrogen and oxygen atoms in total. The van der Waals surface area contributed by atoms with Crippen LogP contribution in [0.25, 0.3) is 10.8 Å². The number of unbranched alkanes of at least 4 members (excludes halogenated alkanes) is 15. The topological polar surface area (TPSA) is 51.5 Å². The largest absolute Gasteiger partial charge is 0.200 e. The van der Waals surface area contributed by atoms with Gasteiger partial charge in [0.2, 0.25) is 0 Å². The Kier molecular flexibility index (Phi) is 15.2. The summed E-state index contributed by atoms with van der Waals surface area (Å²) in [7, 11) is 0. The SMILES string of the molecule is CCCCCCCCCCCCCCCCCCC(C[n+]1ccc2ccccc2c1)=C(C#N)C#N. The summed E-state index contributed by atoms with van der Waals surface area (Å²) in [5.74, 6) is 0. The van der Waals surface area contributed by atoms with Crippen LogP contribution in [-0.2, 0) is 6.54 Å². The third-order valence-electron chi connectivity index (χ3n) is 7.03. The summed E-state index contributed by atoms with van der Waals surface area (Å²) in [4.78, 5) is 0. The van der Waals surface area contributed by atoms with Gasteiger partial charge in [0.15, 0.2) is 18.9 Å². The molecule has 0 N–H and O–H groups in total. The number of benzene rings is 1. The second-order valence-corrected chi connectivity index (χ2v) is 10.0. The number of allylic oxidation sites excluding steroid dienone is 2. The quantitative estimate of drug-likeness (QED) is 0.116. The Bertz CT molecular complexity index is 945. The van der Waals surface area contributed by atoms with Gasteiger partial charge in [-0.25, -0.2) is 4.57 Å². The summed E-state index contributed by atoms with van der Waals surface area (Å²) >= 11 is 0. The Morgan fingerprint density at radius 3 is 1.66 bits per heavy atom. The van der Waals surface area contributed by atoms with Gasteiger partial charge in [-0.3, -0.25) is 0 Å². The van der Waals surface area contributed by atoms with Crippen molar-refractivity contribution in [1.82, 2.24) is 0 Å². The molecule has 35 heavy (non-hydrogen) atoms. The highest BCUT2D eigenvalue weighted by atomic mass is 14.9. The van der Waals surface area contributed by atoms with Crippen molar-refractivity contribution < 1.29 is 4.57 Å². The van der Waals surface area contributed by atoms with E-state index in [-0.39, 0.29) is 5.57 Å². The van der Waals surface area contributed by atoms with Crippen molar-refractivity contribution in [2.24, 2.45) is 0 Å². The van der Waals surface area contributed by atoms with E-state index in [1.807, 2.05) is 18.3 Å². The zero-order chi connectivity index (χ0) is 25.0. The van der Waals surface area contributed by atoms with Crippen LogP contribution >= 0.6 is 0 Å². The van der Waals surface area contributed by atoms with Gasteiger partial charge in [-0.05, 0) is 24.3 Å². The Morgan fingerprint density at radius 2 is 1.14 bits per heavy atom. The number of nitrogens with zero attached hydrogens (tertiary/aromatic N) is 3. The molecule has 2 rings (SSSR count). The van der Waals surface area contributed by atoms with Crippen LogP contribution < -0.4 is 4.57 Å². The minimum Gasteiger partial charge on any atom is -0.200 e. The number of aromatic nitrogens is 1. The lowest BCUT2D eigenvalue weighted by atomic mass is 10.0. The summed E-state index contributed by atoms with van der Waals surface area (Å²) in [5, 5.41) is 21.3. The first-order valence-corrected chi connectivity index (χ1v) is 14.2. The van der Waals surface area contributed by atoms with Crippen molar-refractivity contribution in [2.45, 2.75) is 123 Å². The highest BCUT2D eigenvalue weighted by Gasteiger charge is 2.13. The second-order valence-electron chi connectivity index (χ2n) is 10.0. The molecule has 1 heterocycles. The number of fused-ring (bicyclic) bond motifs is 1. The molecule has 0 atom stereocenters. The van der Waals surface area contributed by atoms with Crippen molar-refractivity contribution in [3.05, 3.63) is 53.9 Å². The van der Waals surface area contributed by atoms with Crippen LogP contribution in [0.4, 0.5) is 0 Å². The molecular weight excluding hydrogens is 426 g/mol. The summed E-state index contributed by atoms with van der Waals surface area (Å²) in [5.41, 5.74) is 1.24. The first-order chi connectivity index (χ1) is 17.3. The van der Waals surface area contributed by atoms with E-state index in [1.54, 1.807) is 0 Å². The van der Waals surface area contributed by atoms with Crippen molar-refractivity contribution >= 4 is 10.8 Å². The highest BCUT2D eigenvalue weighted by molar-refractivity contribution is 5.80. The Morgan fingerprint density at radius 1 is 0.657 bits per heavy atom. The molecule has 0 saturated carbocycles. The maximum absolute atomic E-state index is 9.44. The molecule has 0 bridgehead atoms. The van der Waals surface area contributed by atoms with Crippen LogP contribution in [0.1, 0.15) is 116 Å². The van der Waals surface area contributed by atoms with Crippen molar-refractivity contribution in [2.75, 3.05) is 0 Å². The monoisotopic (exact) mass is 472 g/mol. The molecule has 0 aliphatic rings. The molecule has 0 amide bonds. The first-order valence-electron chi connectivity index (χ1n) is 14.2. The van der Waals surface area contributed by atoms with Crippen LogP contribution in [0, 0.1) is 22.7 Å². The molecule has 0 saturated heterocycles. The molecule has 0 spiro atoms. The van der Waals surface area contributed by atoms with E-state index in [4.69, 9.17) is 0 Å². The summed E-state index contributed by atoms with van der Waals surface area (Å²) in [6.45, 7) is 2.89. The van der Waals surface area contributed by atoms with Gasteiger partial charge < -0.3 is 0 Å². The Labute approximate surface area is 214 Å². The van der Waals surface area contributed by atoms with Gasteiger partial charge in [0.1, 0.15) is 17.7 Å². The molecular formula is C32H46N3+. The molecule has 0 unspecified atom stereocenters. The number of nitriles is 2. The number of hydrogen-bond donors (Lipinski definition) is 0. The Balaban J connectivity index is 1.58. The minimum atomic E-state index is 0.284. The maximum atomic E-state index is 9.44. The first kappa shape index (κ1) is 28.6. The smallest absolute Gasteiger partial charge is 0.176 e. The normalized spacial score (nSPS) is 10.7. The standard InChI is InChI=1S/C32H46N3/c1-2-3-4-5-6-7-8-9-10-11-12-13-14-15-16-17-21-31(32(25-33)26-34)28-35-24-23-29-20-18-19-22-30(29)27-35/h18-20,22-24,27H,2-17,21,28H2,1H3/q+1. The minimum absolute atomic E-state index is 0.284. The maximum Gasteiger partial charge on any atom is 0.176 e. The summed E-state index contributed by atoms with van der Waals surface area (Å²) in [6.07, 6.45) is 26.6. The molecule has 0 fully saturated rings. The third-order valence-corrected chi connectivity index (χ3v) is 7.03. The van der Waals surface area contributed by atoms with Gasteiger partial charge in [0, 0.05) is 17.0 Å². The molecule has 188 valence electrons. The fourth-order valence-corrected chi connectivity index (χ4v) is 4.85. The van der Waals surface area contributed by atoms with E-state index in [0.29, 0.717) is 6.54 Å². The molecule has 0 aliphatic heterocycles. The van der Waals surface area contributed by atoms with Gasteiger partial charge in [-0.1, -0.05) is 121 Å². The van der Waals surface area contributed by atoms with Gasteiger partial charge in [0.25, 0.3) is 0 Å². The number of rotatable bonds is 19. The average molecular weight is 473 g/mol. The Hall–Kier alpha value is -2.65. The number of hydrogen-bond acceptors (Lipinski definition) is 2. The lowest BCUT2D eigenvalue weighted by Crippen LogP contribution is -2.34. The molecule has 3 heteroatoms. The van der Waals surface area contributed by atoms with Crippen molar-refractivity contribution in [3.8, 4) is 12.1 Å². The van der Waals surface area contributed by atoms with E-state index in [9.17, 15) is 10.5 Å². The second kappa shape index (κ2) is 18.6. The van der Waals surface area contributed by atoms with Gasteiger partial charge >= 0.3 is 0 Å². The lowest BCUT2D eigenvalue weighted by molar-refractivity contribution is -0.688. The average Bonchev–Trinajstić information content (AvgIpc) is 2.89. The van der Waals surface area contributed by atoms with Gasteiger partial charge in [-0.2, -0.15) is 10.5 Å². The van der Waals surface area contributed by atoms with Crippen LogP contribution in [-0.4, -0.2) is 0 Å². The number of pyridine rings is 1. The van der Waals surface area contributed by atoms with E-state index in [0.717, 1.165) is 18.4 Å². The summed E-state index contributed by atoms with van der Waals surface area (Å²) in [6, 6.07) is 14.6. The fourth-order valence-electron chi connectivity index (χ4n) is 4.85. The van der Waals surface area contributed by atoms with E-state index in [2.05, 4.69) is 48.0 Å². The molecule has 1 aromatic heterocycles. The summed E-state index contributed by atoms with van der Waals surface area (Å²) < 4.78 is 2.10. The van der Waals surface area contributed by atoms with E-state index < -0.39 is 0 Å². The molecule has 0 aliphatic carbocycles. The fraction of sp³-hybridized carbons (Fsp3) is 0.594. The highest BCUT2D eigenvalue weighted by Crippen LogP contribution is 2.18. The van der Waals surface area contributed by atoms with Crippen molar-refractivity contribution in [3.63, 3.8) is 0 Å². The van der Waals surface area contributed by atoms with E-state index in [1.165, 1.54) is 107 Å². The third kappa shape index (κ3) is 12.0. The molecule has 2 aromatic rings.